The van der Waals surface area contributed by atoms with Gasteiger partial charge in [-0.2, -0.15) is 0 Å². The summed E-state index contributed by atoms with van der Waals surface area (Å²) in [4.78, 5) is 51.6. The van der Waals surface area contributed by atoms with Crippen molar-refractivity contribution in [1.82, 2.24) is 25.1 Å². The van der Waals surface area contributed by atoms with E-state index in [9.17, 15) is 19.5 Å². The van der Waals surface area contributed by atoms with E-state index >= 15 is 0 Å². The van der Waals surface area contributed by atoms with Gasteiger partial charge in [-0.25, -0.2) is 4.79 Å². The molecule has 0 bridgehead atoms. The van der Waals surface area contributed by atoms with E-state index in [-0.39, 0.29) is 37.4 Å². The summed E-state index contributed by atoms with van der Waals surface area (Å²) in [6.07, 6.45) is 10.6. The van der Waals surface area contributed by atoms with E-state index in [1.54, 1.807) is 30.5 Å². The summed E-state index contributed by atoms with van der Waals surface area (Å²) in [5.74, 6) is -0.261. The quantitative estimate of drug-likeness (QED) is 0.566. The van der Waals surface area contributed by atoms with Gasteiger partial charge in [0.1, 0.15) is 5.54 Å². The Morgan fingerprint density at radius 2 is 1.97 bits per heavy atom. The summed E-state index contributed by atoms with van der Waals surface area (Å²) in [5.41, 5.74) is 0.0753. The predicted molar refractivity (Wildman–Crippen MR) is 134 cm³/mol. The van der Waals surface area contributed by atoms with Gasteiger partial charge in [-0.1, -0.05) is 12.8 Å². The summed E-state index contributed by atoms with van der Waals surface area (Å²) in [5, 5.41) is 15.2. The number of nitrogens with one attached hydrogen (secondary N) is 1. The third kappa shape index (κ3) is 4.61. The number of fused-ring (bicyclic) bond motifs is 1. The maximum absolute atomic E-state index is 12.9. The molecular formula is C26H34N6O4. The third-order valence-electron chi connectivity index (χ3n) is 7.85. The summed E-state index contributed by atoms with van der Waals surface area (Å²) in [7, 11) is 1.70. The number of β-amino-alcohol motifs (C(OH)–C–C–N with tert-alkyl or cyclic N) is 1. The second kappa shape index (κ2) is 9.65. The largest absolute Gasteiger partial charge is 0.386 e. The number of hydrogen-bond donors (Lipinski definition) is 2. The van der Waals surface area contributed by atoms with Crippen molar-refractivity contribution in [3.05, 3.63) is 30.7 Å². The molecule has 5 rings (SSSR count). The molecule has 1 aliphatic carbocycles. The minimum absolute atomic E-state index is 0.109. The number of imide groups is 1. The molecule has 10 nitrogen and oxygen atoms in total. The molecule has 2 aromatic rings. The molecule has 4 heterocycles. The first-order chi connectivity index (χ1) is 17.3. The average Bonchev–Trinajstić information content (AvgIpc) is 3.43. The zero-order valence-electron chi connectivity index (χ0n) is 20.8. The van der Waals surface area contributed by atoms with Gasteiger partial charge in [0.15, 0.2) is 0 Å². The molecule has 0 aromatic carbocycles. The number of piperidine rings is 1. The molecule has 2 N–H and O–H groups in total. The van der Waals surface area contributed by atoms with Gasteiger partial charge in [0, 0.05) is 62.8 Å². The summed E-state index contributed by atoms with van der Waals surface area (Å²) < 4.78 is 0. The van der Waals surface area contributed by atoms with Crippen molar-refractivity contribution in [2.45, 2.75) is 62.5 Å². The van der Waals surface area contributed by atoms with E-state index in [1.165, 1.54) is 4.90 Å². The molecule has 10 heteroatoms. The summed E-state index contributed by atoms with van der Waals surface area (Å²) in [6.45, 7) is 1.66. The van der Waals surface area contributed by atoms with Crippen LogP contribution in [0.5, 0.6) is 0 Å². The fourth-order valence-corrected chi connectivity index (χ4v) is 6.00. The van der Waals surface area contributed by atoms with Gasteiger partial charge in [0.2, 0.25) is 5.91 Å². The van der Waals surface area contributed by atoms with Crippen LogP contribution >= 0.6 is 0 Å². The number of aromatic nitrogens is 2. The van der Waals surface area contributed by atoms with Gasteiger partial charge >= 0.3 is 6.03 Å². The molecule has 2 aromatic heterocycles. The standard InChI is InChI=1S/C26H34N6O4/c1-30(22(33)6-4-15-32-23(34)26(29-24(32)35)10-2-3-11-26)17-25(36)9-5-14-31(18-25)21-8-13-28-20-7-12-27-16-19(20)21/h7-8,12-13,16,36H,2-6,9-11,14-15,17-18H2,1H3,(H,29,35)/t25-/m0/s1. The molecule has 4 amide bonds. The average molecular weight is 495 g/mol. The molecule has 0 radical (unpaired) electrons. The summed E-state index contributed by atoms with van der Waals surface area (Å²) >= 11 is 0. The number of pyridine rings is 2. The van der Waals surface area contributed by atoms with E-state index < -0.39 is 11.1 Å². The Balaban J connectivity index is 1.15. The fraction of sp³-hybridized carbons (Fsp3) is 0.577. The zero-order chi connectivity index (χ0) is 25.3. The van der Waals surface area contributed by atoms with Crippen LogP contribution in [0.15, 0.2) is 30.7 Å². The highest BCUT2D eigenvalue weighted by molar-refractivity contribution is 6.07. The van der Waals surface area contributed by atoms with Gasteiger partial charge < -0.3 is 20.2 Å². The van der Waals surface area contributed by atoms with E-state index in [1.807, 2.05) is 12.1 Å². The second-order valence-corrected chi connectivity index (χ2v) is 10.5. The molecular weight excluding hydrogens is 460 g/mol. The number of urea groups is 1. The van der Waals surface area contributed by atoms with Crippen molar-refractivity contribution < 1.29 is 19.5 Å². The number of carbonyl (C=O) groups is 3. The van der Waals surface area contributed by atoms with E-state index in [0.29, 0.717) is 32.2 Å². The van der Waals surface area contributed by atoms with Gasteiger partial charge in [-0.05, 0) is 44.2 Å². The van der Waals surface area contributed by atoms with Crippen LogP contribution in [0.1, 0.15) is 51.4 Å². The molecule has 3 aliphatic rings. The maximum Gasteiger partial charge on any atom is 0.325 e. The number of nitrogens with zero attached hydrogens (tertiary/aromatic N) is 5. The zero-order valence-corrected chi connectivity index (χ0v) is 20.8. The molecule has 1 atom stereocenters. The van der Waals surface area contributed by atoms with Crippen LogP contribution in [0.3, 0.4) is 0 Å². The highest BCUT2D eigenvalue weighted by Gasteiger charge is 2.52. The Morgan fingerprint density at radius 3 is 2.78 bits per heavy atom. The van der Waals surface area contributed by atoms with Crippen molar-refractivity contribution in [3.63, 3.8) is 0 Å². The monoisotopic (exact) mass is 494 g/mol. The number of likely N-dealkylation sites (N-methyl/N-ethyl adjacent to an activating group) is 1. The van der Waals surface area contributed by atoms with E-state index in [2.05, 4.69) is 20.2 Å². The van der Waals surface area contributed by atoms with Crippen molar-refractivity contribution in [1.29, 1.82) is 0 Å². The minimum Gasteiger partial charge on any atom is -0.386 e. The van der Waals surface area contributed by atoms with Crippen LogP contribution in [-0.4, -0.2) is 87.1 Å². The Kier molecular flexibility index (Phi) is 6.55. The smallest absolute Gasteiger partial charge is 0.325 e. The minimum atomic E-state index is -1.04. The summed E-state index contributed by atoms with van der Waals surface area (Å²) in [6, 6.07) is 3.46. The van der Waals surface area contributed by atoms with Gasteiger partial charge in [0.25, 0.3) is 5.91 Å². The number of hydrogen-bond acceptors (Lipinski definition) is 7. The lowest BCUT2D eigenvalue weighted by atomic mass is 9.91. The normalized spacial score (nSPS) is 23.5. The number of carbonyl (C=O) groups excluding carboxylic acids is 3. The van der Waals surface area contributed by atoms with E-state index in [0.717, 1.165) is 42.4 Å². The first-order valence-electron chi connectivity index (χ1n) is 12.8. The molecule has 1 saturated carbocycles. The molecule has 0 unspecified atom stereocenters. The Hall–Kier alpha value is -3.27. The number of rotatable bonds is 7. The number of amides is 4. The second-order valence-electron chi connectivity index (χ2n) is 10.5. The molecule has 2 aliphatic heterocycles. The lowest BCUT2D eigenvalue weighted by Gasteiger charge is -2.42. The lowest BCUT2D eigenvalue weighted by Crippen LogP contribution is -2.54. The molecule has 2 saturated heterocycles. The SMILES string of the molecule is CN(C[C@@]1(O)CCCN(c2ccnc3ccncc23)C1)C(=O)CCCN1C(=O)NC2(CCCC2)C1=O. The van der Waals surface area contributed by atoms with Crippen molar-refractivity contribution >= 4 is 34.4 Å². The van der Waals surface area contributed by atoms with Crippen molar-refractivity contribution in [2.75, 3.05) is 38.1 Å². The van der Waals surface area contributed by atoms with Gasteiger partial charge in [-0.15, -0.1) is 0 Å². The van der Waals surface area contributed by atoms with Crippen LogP contribution in [0.4, 0.5) is 10.5 Å². The number of aliphatic hydroxyl groups is 1. The first-order valence-corrected chi connectivity index (χ1v) is 12.8. The van der Waals surface area contributed by atoms with Crippen LogP contribution in [0.2, 0.25) is 0 Å². The van der Waals surface area contributed by atoms with Crippen molar-refractivity contribution in [3.8, 4) is 0 Å². The van der Waals surface area contributed by atoms with Crippen molar-refractivity contribution in [2.24, 2.45) is 0 Å². The Bertz CT molecular complexity index is 1160. The van der Waals surface area contributed by atoms with E-state index in [4.69, 9.17) is 0 Å². The first kappa shape index (κ1) is 24.4. The Labute approximate surface area is 210 Å². The van der Waals surface area contributed by atoms with Crippen LogP contribution < -0.4 is 10.2 Å². The molecule has 192 valence electrons. The predicted octanol–water partition coefficient (Wildman–Crippen LogP) is 2.06. The molecule has 1 spiro atoms. The Morgan fingerprint density at radius 1 is 1.17 bits per heavy atom. The highest BCUT2D eigenvalue weighted by atomic mass is 16.3. The number of anilines is 1. The molecule has 36 heavy (non-hydrogen) atoms. The van der Waals surface area contributed by atoms with Crippen LogP contribution in [-0.2, 0) is 9.59 Å². The van der Waals surface area contributed by atoms with Gasteiger partial charge in [-0.3, -0.25) is 24.5 Å². The van der Waals surface area contributed by atoms with Crippen LogP contribution in [0, 0.1) is 0 Å². The fourth-order valence-electron chi connectivity index (χ4n) is 6.00. The maximum atomic E-state index is 12.9. The third-order valence-corrected chi connectivity index (χ3v) is 7.85. The topological polar surface area (TPSA) is 119 Å². The highest BCUT2D eigenvalue weighted by Crippen LogP contribution is 2.35. The lowest BCUT2D eigenvalue weighted by molar-refractivity contribution is -0.135. The van der Waals surface area contributed by atoms with Crippen LogP contribution in [0.25, 0.3) is 10.9 Å². The van der Waals surface area contributed by atoms with Gasteiger partial charge in [0.05, 0.1) is 17.7 Å². The molecule has 3 fully saturated rings.